The molecule has 3 heteroatoms. The van der Waals surface area contributed by atoms with Crippen molar-refractivity contribution in [3.05, 3.63) is 35.4 Å². The van der Waals surface area contributed by atoms with E-state index in [9.17, 15) is 9.90 Å². The molecule has 0 spiro atoms. The van der Waals surface area contributed by atoms with Crippen LogP contribution in [0.1, 0.15) is 30.4 Å². The minimum absolute atomic E-state index is 0.248. The van der Waals surface area contributed by atoms with E-state index in [-0.39, 0.29) is 6.42 Å². The lowest BCUT2D eigenvalue weighted by atomic mass is 9.93. The number of aliphatic hydroxyl groups is 1. The van der Waals surface area contributed by atoms with E-state index in [2.05, 4.69) is 0 Å². The number of benzene rings is 1. The predicted octanol–water partition coefficient (Wildman–Crippen LogP) is 1.93. The molecule has 0 aliphatic heterocycles. The van der Waals surface area contributed by atoms with Gasteiger partial charge in [0.1, 0.15) is 0 Å². The summed E-state index contributed by atoms with van der Waals surface area (Å²) in [6.45, 7) is 3.55. The predicted molar refractivity (Wildman–Crippen MR) is 57.9 cm³/mol. The molecule has 0 saturated carbocycles. The Kier molecular flexibility index (Phi) is 3.86. The molecule has 2 N–H and O–H groups in total. The van der Waals surface area contributed by atoms with Gasteiger partial charge >= 0.3 is 5.97 Å². The summed E-state index contributed by atoms with van der Waals surface area (Å²) in [6.07, 6.45) is -0.356. The number of aliphatic hydroxyl groups excluding tert-OH is 1. The molecule has 0 aromatic heterocycles. The second kappa shape index (κ2) is 4.94. The van der Waals surface area contributed by atoms with Crippen LogP contribution in [0.2, 0.25) is 0 Å². The molecule has 0 aliphatic carbocycles. The summed E-state index contributed by atoms with van der Waals surface area (Å²) in [5, 5.41) is 18.3. The van der Waals surface area contributed by atoms with Crippen LogP contribution in [0.4, 0.5) is 0 Å². The second-order valence-electron chi connectivity index (χ2n) is 3.89. The Balaban J connectivity index is 2.89. The Hall–Kier alpha value is -1.35. The van der Waals surface area contributed by atoms with Gasteiger partial charge < -0.3 is 10.2 Å². The fourth-order valence-corrected chi connectivity index (χ4v) is 1.52. The van der Waals surface area contributed by atoms with Gasteiger partial charge in [-0.1, -0.05) is 29.8 Å². The van der Waals surface area contributed by atoms with Crippen LogP contribution in [-0.4, -0.2) is 22.3 Å². The van der Waals surface area contributed by atoms with Gasteiger partial charge in [0.15, 0.2) is 0 Å². The van der Waals surface area contributed by atoms with Gasteiger partial charge in [-0.25, -0.2) is 0 Å². The maximum atomic E-state index is 11.0. The lowest BCUT2D eigenvalue weighted by Crippen LogP contribution is -2.17. The maximum absolute atomic E-state index is 11.0. The zero-order valence-corrected chi connectivity index (χ0v) is 8.97. The number of hydrogen-bond donors (Lipinski definition) is 2. The lowest BCUT2D eigenvalue weighted by molar-refractivity contribution is -0.139. The van der Waals surface area contributed by atoms with Gasteiger partial charge in [0.25, 0.3) is 0 Å². The van der Waals surface area contributed by atoms with Crippen LogP contribution in [-0.2, 0) is 4.79 Å². The standard InChI is InChI=1S/C12H16O3/c1-8-3-5-10(6-4-8)11(12(14)15)7-9(2)13/h3-6,9,11,13H,7H2,1-2H3,(H,14,15). The van der Waals surface area contributed by atoms with Crippen LogP contribution >= 0.6 is 0 Å². The second-order valence-corrected chi connectivity index (χ2v) is 3.89. The minimum atomic E-state index is -0.889. The topological polar surface area (TPSA) is 57.5 Å². The number of aliphatic carboxylic acids is 1. The molecule has 0 bridgehead atoms. The molecule has 15 heavy (non-hydrogen) atoms. The van der Waals surface area contributed by atoms with Crippen molar-refractivity contribution in [2.75, 3.05) is 0 Å². The van der Waals surface area contributed by atoms with Crippen molar-refractivity contribution < 1.29 is 15.0 Å². The summed E-state index contributed by atoms with van der Waals surface area (Å²) in [7, 11) is 0. The molecule has 2 unspecified atom stereocenters. The van der Waals surface area contributed by atoms with E-state index in [1.165, 1.54) is 0 Å². The van der Waals surface area contributed by atoms with Crippen LogP contribution < -0.4 is 0 Å². The Morgan fingerprint density at radius 2 is 1.87 bits per heavy atom. The van der Waals surface area contributed by atoms with Crippen molar-refractivity contribution in [2.45, 2.75) is 32.3 Å². The van der Waals surface area contributed by atoms with Gasteiger partial charge in [0.2, 0.25) is 0 Å². The van der Waals surface area contributed by atoms with Gasteiger partial charge in [-0.15, -0.1) is 0 Å². The van der Waals surface area contributed by atoms with Gasteiger partial charge in [-0.05, 0) is 25.8 Å². The molecule has 0 amide bonds. The molecular formula is C12H16O3. The van der Waals surface area contributed by atoms with E-state index < -0.39 is 18.0 Å². The fraction of sp³-hybridized carbons (Fsp3) is 0.417. The Morgan fingerprint density at radius 3 is 2.27 bits per heavy atom. The van der Waals surface area contributed by atoms with Crippen LogP contribution in [0.25, 0.3) is 0 Å². The smallest absolute Gasteiger partial charge is 0.311 e. The van der Waals surface area contributed by atoms with Gasteiger partial charge in [0, 0.05) is 0 Å². The molecule has 0 aliphatic rings. The zero-order valence-electron chi connectivity index (χ0n) is 8.97. The molecule has 1 rings (SSSR count). The van der Waals surface area contributed by atoms with Crippen LogP contribution in [0.5, 0.6) is 0 Å². The van der Waals surface area contributed by atoms with Crippen molar-refractivity contribution in [3.63, 3.8) is 0 Å². The number of hydrogen-bond acceptors (Lipinski definition) is 2. The SMILES string of the molecule is Cc1ccc(C(CC(C)O)C(=O)O)cc1. The largest absolute Gasteiger partial charge is 0.481 e. The van der Waals surface area contributed by atoms with Gasteiger partial charge in [-0.3, -0.25) is 4.79 Å². The van der Waals surface area contributed by atoms with E-state index in [1.54, 1.807) is 19.1 Å². The highest BCUT2D eigenvalue weighted by Crippen LogP contribution is 2.22. The van der Waals surface area contributed by atoms with Crippen molar-refractivity contribution in [1.82, 2.24) is 0 Å². The Labute approximate surface area is 89.4 Å². The van der Waals surface area contributed by atoms with Crippen molar-refractivity contribution >= 4 is 5.97 Å². The third kappa shape index (κ3) is 3.36. The van der Waals surface area contributed by atoms with Crippen LogP contribution in [0.15, 0.2) is 24.3 Å². The third-order valence-electron chi connectivity index (χ3n) is 2.35. The number of aryl methyl sites for hydroxylation is 1. The van der Waals surface area contributed by atoms with E-state index in [0.717, 1.165) is 11.1 Å². The van der Waals surface area contributed by atoms with Crippen molar-refractivity contribution in [1.29, 1.82) is 0 Å². The summed E-state index contributed by atoms with van der Waals surface area (Å²) >= 11 is 0. The van der Waals surface area contributed by atoms with Crippen LogP contribution in [0.3, 0.4) is 0 Å². The molecule has 82 valence electrons. The molecule has 0 heterocycles. The first-order valence-electron chi connectivity index (χ1n) is 4.98. The normalized spacial score (nSPS) is 14.6. The molecule has 0 saturated heterocycles. The molecule has 1 aromatic carbocycles. The molecular weight excluding hydrogens is 192 g/mol. The molecule has 3 nitrogen and oxygen atoms in total. The van der Waals surface area contributed by atoms with E-state index in [0.29, 0.717) is 0 Å². The summed E-state index contributed by atoms with van der Waals surface area (Å²) < 4.78 is 0. The first-order chi connectivity index (χ1) is 7.00. The zero-order chi connectivity index (χ0) is 11.4. The van der Waals surface area contributed by atoms with Crippen LogP contribution in [0, 0.1) is 6.92 Å². The van der Waals surface area contributed by atoms with Gasteiger partial charge in [-0.2, -0.15) is 0 Å². The third-order valence-corrected chi connectivity index (χ3v) is 2.35. The van der Waals surface area contributed by atoms with E-state index in [4.69, 9.17) is 5.11 Å². The summed E-state index contributed by atoms with van der Waals surface area (Å²) in [4.78, 5) is 11.0. The van der Waals surface area contributed by atoms with Crippen molar-refractivity contribution in [2.24, 2.45) is 0 Å². The number of carbonyl (C=O) groups is 1. The Bertz CT molecular complexity index is 327. The summed E-state index contributed by atoms with van der Waals surface area (Å²) in [5.41, 5.74) is 1.84. The molecule has 0 radical (unpaired) electrons. The summed E-state index contributed by atoms with van der Waals surface area (Å²) in [5.74, 6) is -1.51. The minimum Gasteiger partial charge on any atom is -0.481 e. The average molecular weight is 208 g/mol. The first kappa shape index (κ1) is 11.7. The molecule has 2 atom stereocenters. The van der Waals surface area contributed by atoms with E-state index >= 15 is 0 Å². The number of carboxylic acids is 1. The number of carboxylic acid groups (broad SMARTS) is 1. The highest BCUT2D eigenvalue weighted by atomic mass is 16.4. The van der Waals surface area contributed by atoms with Crippen molar-refractivity contribution in [3.8, 4) is 0 Å². The first-order valence-corrected chi connectivity index (χ1v) is 4.98. The van der Waals surface area contributed by atoms with E-state index in [1.807, 2.05) is 19.1 Å². The fourth-order valence-electron chi connectivity index (χ4n) is 1.52. The molecule has 1 aromatic rings. The molecule has 0 fully saturated rings. The maximum Gasteiger partial charge on any atom is 0.311 e. The lowest BCUT2D eigenvalue weighted by Gasteiger charge is -2.14. The monoisotopic (exact) mass is 208 g/mol. The highest BCUT2D eigenvalue weighted by Gasteiger charge is 2.21. The average Bonchev–Trinajstić information content (AvgIpc) is 2.15. The van der Waals surface area contributed by atoms with Gasteiger partial charge in [0.05, 0.1) is 12.0 Å². The highest BCUT2D eigenvalue weighted by molar-refractivity contribution is 5.76. The quantitative estimate of drug-likeness (QED) is 0.795. The Morgan fingerprint density at radius 1 is 1.33 bits per heavy atom. The summed E-state index contributed by atoms with van der Waals surface area (Å²) in [6, 6.07) is 7.37. The number of rotatable bonds is 4.